The average Bonchev–Trinajstić information content (AvgIpc) is 2.83. The zero-order valence-corrected chi connectivity index (χ0v) is 11.1. The lowest BCUT2D eigenvalue weighted by Crippen LogP contribution is -2.40. The summed E-state index contributed by atoms with van der Waals surface area (Å²) < 4.78 is 1.99. The fourth-order valence-electron chi connectivity index (χ4n) is 2.92. The highest BCUT2D eigenvalue weighted by Gasteiger charge is 2.22. The number of ketones is 1. The molecule has 0 spiro atoms. The Morgan fingerprint density at radius 2 is 1.89 bits per heavy atom. The topological polar surface area (TPSA) is 55.2 Å². The van der Waals surface area contributed by atoms with Gasteiger partial charge in [-0.2, -0.15) is 0 Å². The van der Waals surface area contributed by atoms with Crippen LogP contribution in [-0.4, -0.2) is 39.2 Å². The van der Waals surface area contributed by atoms with Gasteiger partial charge in [-0.15, -0.1) is 0 Å². The van der Waals surface area contributed by atoms with Crippen molar-refractivity contribution in [2.75, 3.05) is 13.1 Å². The second kappa shape index (κ2) is 5.15. The van der Waals surface area contributed by atoms with E-state index in [0.717, 1.165) is 18.5 Å². The normalized spacial score (nSPS) is 19.4. The first kappa shape index (κ1) is 12.4. The zero-order valence-electron chi connectivity index (χ0n) is 11.1. The van der Waals surface area contributed by atoms with Crippen LogP contribution in [0.5, 0.6) is 0 Å². The minimum absolute atomic E-state index is 0.110. The number of nitrogens with zero attached hydrogens (tertiary/aromatic N) is 3. The third-order valence-corrected chi connectivity index (χ3v) is 4.09. The van der Waals surface area contributed by atoms with Crippen LogP contribution < -0.4 is 0 Å². The maximum Gasteiger partial charge on any atom is 0.242 e. The predicted molar refractivity (Wildman–Crippen MR) is 69.7 cm³/mol. The molecule has 0 unspecified atom stereocenters. The highest BCUT2D eigenvalue weighted by Crippen LogP contribution is 2.20. The van der Waals surface area contributed by atoms with E-state index in [1.54, 1.807) is 11.2 Å². The molecular weight excluding hydrogens is 242 g/mol. The van der Waals surface area contributed by atoms with Gasteiger partial charge in [0.15, 0.2) is 0 Å². The number of likely N-dealkylation sites (tertiary alicyclic amines) is 1. The quantitative estimate of drug-likeness (QED) is 0.796. The second-order valence-electron chi connectivity index (χ2n) is 5.39. The molecule has 0 saturated carbocycles. The van der Waals surface area contributed by atoms with Gasteiger partial charge in [-0.3, -0.25) is 9.59 Å². The zero-order chi connectivity index (χ0) is 13.2. The van der Waals surface area contributed by atoms with Crippen molar-refractivity contribution in [3.63, 3.8) is 0 Å². The molecule has 5 nitrogen and oxygen atoms in total. The van der Waals surface area contributed by atoms with Crippen LogP contribution in [0.4, 0.5) is 0 Å². The maximum atomic E-state index is 12.2. The molecule has 102 valence electrons. The van der Waals surface area contributed by atoms with Crippen molar-refractivity contribution in [1.29, 1.82) is 0 Å². The number of amides is 1. The molecule has 19 heavy (non-hydrogen) atoms. The van der Waals surface area contributed by atoms with Crippen LogP contribution in [0.15, 0.2) is 6.33 Å². The van der Waals surface area contributed by atoms with Crippen LogP contribution in [0.1, 0.15) is 37.1 Å². The molecule has 1 aromatic heterocycles. The van der Waals surface area contributed by atoms with Gasteiger partial charge in [0, 0.05) is 31.6 Å². The Labute approximate surface area is 112 Å². The molecule has 1 amide bonds. The monoisotopic (exact) mass is 261 g/mol. The Bertz CT molecular complexity index is 497. The van der Waals surface area contributed by atoms with Crippen molar-refractivity contribution in [2.24, 2.45) is 0 Å². The molecule has 1 aliphatic heterocycles. The lowest BCUT2D eigenvalue weighted by molar-refractivity contribution is -0.135. The number of carbonyl (C=O) groups is 2. The number of rotatable bonds is 2. The van der Waals surface area contributed by atoms with E-state index in [1.165, 1.54) is 18.5 Å². The molecule has 5 heteroatoms. The summed E-state index contributed by atoms with van der Waals surface area (Å²) in [6, 6.07) is 0. The number of hydrogen-bond donors (Lipinski definition) is 0. The summed E-state index contributed by atoms with van der Waals surface area (Å²) in [6.45, 7) is 1.53. The van der Waals surface area contributed by atoms with E-state index in [9.17, 15) is 9.59 Å². The first-order chi connectivity index (χ1) is 9.24. The third kappa shape index (κ3) is 2.55. The number of imidazole rings is 1. The summed E-state index contributed by atoms with van der Waals surface area (Å²) >= 11 is 0. The van der Waals surface area contributed by atoms with Gasteiger partial charge >= 0.3 is 0 Å². The molecule has 1 aliphatic carbocycles. The molecule has 1 saturated heterocycles. The minimum Gasteiger partial charge on any atom is -0.340 e. The van der Waals surface area contributed by atoms with Crippen LogP contribution in [0.25, 0.3) is 0 Å². The molecular formula is C14H19N3O2. The summed E-state index contributed by atoms with van der Waals surface area (Å²) in [5, 5.41) is 0. The maximum absolute atomic E-state index is 12.2. The van der Waals surface area contributed by atoms with Gasteiger partial charge in [0.05, 0.1) is 12.0 Å². The predicted octanol–water partition coefficient (Wildman–Crippen LogP) is 0.953. The highest BCUT2D eigenvalue weighted by molar-refractivity contribution is 5.83. The number of aryl methyl sites for hydroxylation is 1. The van der Waals surface area contributed by atoms with Gasteiger partial charge < -0.3 is 9.47 Å². The standard InChI is InChI=1S/C14H19N3O2/c18-11-5-7-16(8-6-11)14(19)9-17-10-15-12-3-1-2-4-13(12)17/h10H,1-9H2. The van der Waals surface area contributed by atoms with Gasteiger partial charge in [0.25, 0.3) is 0 Å². The van der Waals surface area contributed by atoms with E-state index in [0.29, 0.717) is 32.5 Å². The Morgan fingerprint density at radius 3 is 2.68 bits per heavy atom. The third-order valence-electron chi connectivity index (χ3n) is 4.09. The van der Waals surface area contributed by atoms with E-state index in [2.05, 4.69) is 4.98 Å². The van der Waals surface area contributed by atoms with Crippen LogP contribution in [0.2, 0.25) is 0 Å². The van der Waals surface area contributed by atoms with Crippen LogP contribution in [0, 0.1) is 0 Å². The van der Waals surface area contributed by atoms with E-state index in [4.69, 9.17) is 0 Å². The van der Waals surface area contributed by atoms with Gasteiger partial charge in [-0.25, -0.2) is 4.98 Å². The lowest BCUT2D eigenvalue weighted by atomic mass is 10.0. The molecule has 1 aromatic rings. The van der Waals surface area contributed by atoms with Gasteiger partial charge in [-0.1, -0.05) is 0 Å². The fourth-order valence-corrected chi connectivity index (χ4v) is 2.92. The summed E-state index contributed by atoms with van der Waals surface area (Å²) in [5.74, 6) is 0.377. The van der Waals surface area contributed by atoms with Gasteiger partial charge in [0.1, 0.15) is 12.3 Å². The fraction of sp³-hybridized carbons (Fsp3) is 0.643. The Hall–Kier alpha value is -1.65. The van der Waals surface area contributed by atoms with E-state index >= 15 is 0 Å². The number of aromatic nitrogens is 2. The Balaban J connectivity index is 1.66. The number of carbonyl (C=O) groups excluding carboxylic acids is 2. The van der Waals surface area contributed by atoms with E-state index < -0.39 is 0 Å². The largest absolute Gasteiger partial charge is 0.340 e. The SMILES string of the molecule is O=C1CCN(C(=O)Cn2cnc3c2CCCC3)CC1. The molecule has 0 atom stereocenters. The first-order valence-corrected chi connectivity index (χ1v) is 7.06. The van der Waals surface area contributed by atoms with Crippen LogP contribution in [-0.2, 0) is 29.0 Å². The van der Waals surface area contributed by atoms with Crippen molar-refractivity contribution in [3.8, 4) is 0 Å². The van der Waals surface area contributed by atoms with Crippen molar-refractivity contribution < 1.29 is 9.59 Å². The van der Waals surface area contributed by atoms with Crippen molar-refractivity contribution in [3.05, 3.63) is 17.7 Å². The van der Waals surface area contributed by atoms with Crippen LogP contribution >= 0.6 is 0 Å². The summed E-state index contributed by atoms with van der Waals surface area (Å²) in [4.78, 5) is 29.6. The minimum atomic E-state index is 0.110. The number of hydrogen-bond acceptors (Lipinski definition) is 3. The molecule has 3 rings (SSSR count). The summed E-state index contributed by atoms with van der Waals surface area (Å²) in [7, 11) is 0. The first-order valence-electron chi connectivity index (χ1n) is 7.06. The van der Waals surface area contributed by atoms with E-state index in [1.807, 2.05) is 4.57 Å². The summed E-state index contributed by atoms with van der Waals surface area (Å²) in [6.07, 6.45) is 7.26. The Morgan fingerprint density at radius 1 is 1.16 bits per heavy atom. The molecule has 1 fully saturated rings. The Kier molecular flexibility index (Phi) is 3.36. The number of fused-ring (bicyclic) bond motifs is 1. The molecule has 0 N–H and O–H groups in total. The molecule has 2 heterocycles. The second-order valence-corrected chi connectivity index (χ2v) is 5.39. The smallest absolute Gasteiger partial charge is 0.242 e. The van der Waals surface area contributed by atoms with Crippen LogP contribution in [0.3, 0.4) is 0 Å². The number of Topliss-reactive ketones (excluding diaryl/α,β-unsaturated/α-hetero) is 1. The highest BCUT2D eigenvalue weighted by atomic mass is 16.2. The van der Waals surface area contributed by atoms with Crippen molar-refractivity contribution in [1.82, 2.24) is 14.5 Å². The molecule has 0 radical (unpaired) electrons. The summed E-state index contributed by atoms with van der Waals surface area (Å²) in [5.41, 5.74) is 2.39. The average molecular weight is 261 g/mol. The molecule has 0 aromatic carbocycles. The van der Waals surface area contributed by atoms with Gasteiger partial charge in [0.2, 0.25) is 5.91 Å². The molecule has 0 bridgehead atoms. The lowest BCUT2D eigenvalue weighted by Gasteiger charge is -2.26. The van der Waals surface area contributed by atoms with Gasteiger partial charge in [-0.05, 0) is 25.7 Å². The number of piperidine rings is 1. The molecule has 2 aliphatic rings. The van der Waals surface area contributed by atoms with E-state index in [-0.39, 0.29) is 11.7 Å². The van der Waals surface area contributed by atoms with Crippen molar-refractivity contribution >= 4 is 11.7 Å². The van der Waals surface area contributed by atoms with Crippen molar-refractivity contribution in [2.45, 2.75) is 45.1 Å².